The van der Waals surface area contributed by atoms with E-state index in [0.29, 0.717) is 6.61 Å². The molecule has 0 saturated carbocycles. The van der Waals surface area contributed by atoms with Crippen LogP contribution < -0.4 is 5.32 Å². The molecule has 0 aromatic heterocycles. The molecular formula is C10H12N2O2. The van der Waals surface area contributed by atoms with Crippen molar-refractivity contribution in [2.24, 2.45) is 5.16 Å². The second-order valence-corrected chi connectivity index (χ2v) is 2.78. The van der Waals surface area contributed by atoms with Crippen molar-refractivity contribution in [1.29, 1.82) is 0 Å². The van der Waals surface area contributed by atoms with E-state index >= 15 is 0 Å². The first kappa shape index (κ1) is 10.2. The summed E-state index contributed by atoms with van der Waals surface area (Å²) < 4.78 is 0. The fraction of sp³-hybridized carbons (Fsp3) is 0.200. The van der Waals surface area contributed by atoms with Gasteiger partial charge in [0.25, 0.3) is 0 Å². The third kappa shape index (κ3) is 3.26. The Kier molecular flexibility index (Phi) is 3.67. The number of hydrogen-bond acceptors (Lipinski definition) is 3. The van der Waals surface area contributed by atoms with Gasteiger partial charge in [0.15, 0.2) is 0 Å². The third-order valence-corrected chi connectivity index (χ3v) is 1.60. The maximum atomic E-state index is 10.7. The van der Waals surface area contributed by atoms with Crippen LogP contribution in [0.5, 0.6) is 0 Å². The smallest absolute Gasteiger partial charge is 0.221 e. The van der Waals surface area contributed by atoms with E-state index in [1.165, 1.54) is 6.92 Å². The van der Waals surface area contributed by atoms with Crippen LogP contribution >= 0.6 is 0 Å². The SMILES string of the molecule is C=NOCc1ccc(NC(C)=O)cc1. The van der Waals surface area contributed by atoms with Crippen molar-refractivity contribution in [2.75, 3.05) is 5.32 Å². The van der Waals surface area contributed by atoms with E-state index in [9.17, 15) is 4.79 Å². The van der Waals surface area contributed by atoms with Gasteiger partial charge in [-0.05, 0) is 17.7 Å². The largest absolute Gasteiger partial charge is 0.391 e. The molecular weight excluding hydrogens is 180 g/mol. The van der Waals surface area contributed by atoms with E-state index in [-0.39, 0.29) is 5.91 Å². The lowest BCUT2D eigenvalue weighted by Crippen LogP contribution is -2.05. The van der Waals surface area contributed by atoms with Gasteiger partial charge in [0, 0.05) is 19.3 Å². The molecule has 0 radical (unpaired) electrons. The molecule has 74 valence electrons. The number of rotatable bonds is 4. The van der Waals surface area contributed by atoms with Gasteiger partial charge in [-0.15, -0.1) is 5.16 Å². The first-order valence-electron chi connectivity index (χ1n) is 4.17. The molecule has 1 aromatic rings. The van der Waals surface area contributed by atoms with Crippen molar-refractivity contribution in [3.8, 4) is 0 Å². The topological polar surface area (TPSA) is 50.7 Å². The summed E-state index contributed by atoms with van der Waals surface area (Å²) in [6, 6.07) is 7.33. The number of hydrogen-bond donors (Lipinski definition) is 1. The van der Waals surface area contributed by atoms with Crippen molar-refractivity contribution < 1.29 is 9.63 Å². The van der Waals surface area contributed by atoms with Crippen LogP contribution in [0.4, 0.5) is 5.69 Å². The normalized spacial score (nSPS) is 9.21. The molecule has 0 unspecified atom stereocenters. The highest BCUT2D eigenvalue weighted by atomic mass is 16.6. The zero-order valence-electron chi connectivity index (χ0n) is 7.99. The predicted molar refractivity (Wildman–Crippen MR) is 55.1 cm³/mol. The Morgan fingerprint density at radius 2 is 2.14 bits per heavy atom. The van der Waals surface area contributed by atoms with E-state index < -0.39 is 0 Å². The van der Waals surface area contributed by atoms with Gasteiger partial charge in [-0.2, -0.15) is 0 Å². The summed E-state index contributed by atoms with van der Waals surface area (Å²) in [5.74, 6) is -0.0817. The Bertz CT molecular complexity index is 319. The monoisotopic (exact) mass is 192 g/mol. The number of carbonyl (C=O) groups is 1. The van der Waals surface area contributed by atoms with Crippen molar-refractivity contribution in [3.63, 3.8) is 0 Å². The summed E-state index contributed by atoms with van der Waals surface area (Å²) >= 11 is 0. The first-order valence-corrected chi connectivity index (χ1v) is 4.17. The van der Waals surface area contributed by atoms with Crippen LogP contribution in [0.3, 0.4) is 0 Å². The number of oxime groups is 1. The van der Waals surface area contributed by atoms with Gasteiger partial charge in [-0.1, -0.05) is 12.1 Å². The van der Waals surface area contributed by atoms with Crippen LogP contribution in [0.2, 0.25) is 0 Å². The Morgan fingerprint density at radius 1 is 1.50 bits per heavy atom. The van der Waals surface area contributed by atoms with Gasteiger partial charge in [0.1, 0.15) is 6.61 Å². The molecule has 14 heavy (non-hydrogen) atoms. The predicted octanol–water partition coefficient (Wildman–Crippen LogP) is 1.78. The van der Waals surface area contributed by atoms with Crippen LogP contribution in [0.1, 0.15) is 12.5 Å². The van der Waals surface area contributed by atoms with E-state index in [1.54, 1.807) is 0 Å². The number of benzene rings is 1. The average Bonchev–Trinajstić information content (AvgIpc) is 2.16. The van der Waals surface area contributed by atoms with Crippen LogP contribution in [0, 0.1) is 0 Å². The molecule has 0 saturated heterocycles. The quantitative estimate of drug-likeness (QED) is 0.584. The molecule has 1 N–H and O–H groups in total. The molecule has 1 rings (SSSR count). The molecule has 0 heterocycles. The zero-order chi connectivity index (χ0) is 10.4. The highest BCUT2D eigenvalue weighted by Gasteiger charge is 1.96. The number of carbonyl (C=O) groups excluding carboxylic acids is 1. The minimum atomic E-state index is -0.0817. The number of nitrogens with zero attached hydrogens (tertiary/aromatic N) is 1. The van der Waals surface area contributed by atoms with Gasteiger partial charge < -0.3 is 10.2 Å². The molecule has 1 amide bonds. The average molecular weight is 192 g/mol. The minimum absolute atomic E-state index is 0.0817. The maximum absolute atomic E-state index is 10.7. The van der Waals surface area contributed by atoms with Crippen molar-refractivity contribution >= 4 is 18.3 Å². The molecule has 0 atom stereocenters. The van der Waals surface area contributed by atoms with E-state index in [4.69, 9.17) is 4.84 Å². The molecule has 0 spiro atoms. The van der Waals surface area contributed by atoms with Crippen LogP contribution in [-0.4, -0.2) is 12.6 Å². The summed E-state index contributed by atoms with van der Waals surface area (Å²) in [4.78, 5) is 15.5. The van der Waals surface area contributed by atoms with E-state index in [0.717, 1.165) is 11.3 Å². The van der Waals surface area contributed by atoms with Crippen LogP contribution in [0.15, 0.2) is 29.4 Å². The Hall–Kier alpha value is -1.84. The fourth-order valence-corrected chi connectivity index (χ4v) is 1.01. The van der Waals surface area contributed by atoms with Gasteiger partial charge >= 0.3 is 0 Å². The summed E-state index contributed by atoms with van der Waals surface area (Å²) in [5.41, 5.74) is 1.75. The molecule has 1 aromatic carbocycles. The third-order valence-electron chi connectivity index (χ3n) is 1.60. The highest BCUT2D eigenvalue weighted by molar-refractivity contribution is 5.88. The van der Waals surface area contributed by atoms with Crippen molar-refractivity contribution in [2.45, 2.75) is 13.5 Å². The zero-order valence-corrected chi connectivity index (χ0v) is 7.99. The molecule has 0 aliphatic rings. The summed E-state index contributed by atoms with van der Waals surface area (Å²) in [5, 5.41) is 5.95. The fourth-order valence-electron chi connectivity index (χ4n) is 1.01. The summed E-state index contributed by atoms with van der Waals surface area (Å²) in [6.07, 6.45) is 0. The second kappa shape index (κ2) is 5.01. The number of amides is 1. The number of anilines is 1. The lowest BCUT2D eigenvalue weighted by Gasteiger charge is -2.03. The Morgan fingerprint density at radius 3 is 2.64 bits per heavy atom. The lowest BCUT2D eigenvalue weighted by atomic mass is 10.2. The first-order chi connectivity index (χ1) is 6.72. The van der Waals surface area contributed by atoms with Gasteiger partial charge in [-0.25, -0.2) is 0 Å². The van der Waals surface area contributed by atoms with Crippen LogP contribution in [0.25, 0.3) is 0 Å². The standard InChI is InChI=1S/C10H12N2O2/c1-8(13)12-10-5-3-9(4-6-10)7-14-11-2/h3-6H,2,7H2,1H3,(H,12,13). The van der Waals surface area contributed by atoms with E-state index in [2.05, 4.69) is 17.2 Å². The van der Waals surface area contributed by atoms with Gasteiger partial charge in [0.2, 0.25) is 5.91 Å². The molecule has 4 nitrogen and oxygen atoms in total. The Labute approximate surface area is 82.6 Å². The van der Waals surface area contributed by atoms with Crippen molar-refractivity contribution in [1.82, 2.24) is 0 Å². The minimum Gasteiger partial charge on any atom is -0.391 e. The van der Waals surface area contributed by atoms with Crippen molar-refractivity contribution in [3.05, 3.63) is 29.8 Å². The van der Waals surface area contributed by atoms with Crippen LogP contribution in [-0.2, 0) is 16.2 Å². The Balaban J connectivity index is 2.58. The molecule has 4 heteroatoms. The highest BCUT2D eigenvalue weighted by Crippen LogP contribution is 2.10. The number of nitrogens with one attached hydrogen (secondary N) is 1. The second-order valence-electron chi connectivity index (χ2n) is 2.78. The van der Waals surface area contributed by atoms with E-state index in [1.807, 2.05) is 24.3 Å². The molecule has 0 aliphatic heterocycles. The lowest BCUT2D eigenvalue weighted by molar-refractivity contribution is -0.114. The van der Waals surface area contributed by atoms with Gasteiger partial charge in [0.05, 0.1) is 0 Å². The molecule has 0 aliphatic carbocycles. The summed E-state index contributed by atoms with van der Waals surface area (Å²) in [6.45, 7) is 5.07. The van der Waals surface area contributed by atoms with Gasteiger partial charge in [-0.3, -0.25) is 4.79 Å². The molecule has 0 bridgehead atoms. The maximum Gasteiger partial charge on any atom is 0.221 e. The molecule has 0 fully saturated rings. The summed E-state index contributed by atoms with van der Waals surface area (Å²) in [7, 11) is 0.